The van der Waals surface area contributed by atoms with Crippen LogP contribution in [0.25, 0.3) is 0 Å². The summed E-state index contributed by atoms with van der Waals surface area (Å²) in [5, 5.41) is 32.3. The molecular formula is C10H11BN6. The number of hydrogen-bond acceptors (Lipinski definition) is 4. The fraction of sp³-hybridized carbons (Fsp3) is 0.300. The van der Waals surface area contributed by atoms with Crippen LogP contribution in [0.5, 0.6) is 0 Å². The minimum absolute atomic E-state index is 1.27. The van der Waals surface area contributed by atoms with Gasteiger partial charge >= 0.3 is 6.15 Å². The normalized spacial score (nSPS) is 8.65. The molecule has 0 saturated heterocycles. The smallest absolute Gasteiger partial charge is 0.245 e. The fourth-order valence-corrected chi connectivity index (χ4v) is 0.838. The van der Waals surface area contributed by atoms with Crippen molar-refractivity contribution in [3.8, 4) is 23.9 Å². The number of rotatable bonds is 0. The SMILES string of the molecule is Cc1n(C)cc[n+]1C.N#C[B-](C#N)(C#N)C#N. The second kappa shape index (κ2) is 5.96. The van der Waals surface area contributed by atoms with Crippen molar-refractivity contribution in [1.29, 1.82) is 21.0 Å². The molecule has 0 aliphatic rings. The van der Waals surface area contributed by atoms with Crippen molar-refractivity contribution in [2.24, 2.45) is 14.1 Å². The Morgan fingerprint density at radius 1 is 1.12 bits per heavy atom. The summed E-state index contributed by atoms with van der Waals surface area (Å²) in [4.78, 5) is 0. The standard InChI is InChI=1S/C6H11N2.C4BN4/c1-6-7(2)4-5-8(6)3;6-1-5(2-7,3-8)4-9/h4-5H,1-3H3;/q+1;-1. The summed E-state index contributed by atoms with van der Waals surface area (Å²) in [7, 11) is 4.07. The first-order chi connectivity index (χ1) is 7.96. The van der Waals surface area contributed by atoms with E-state index in [0.717, 1.165) is 0 Å². The summed E-state index contributed by atoms with van der Waals surface area (Å²) in [6.45, 7) is 2.08. The van der Waals surface area contributed by atoms with Crippen molar-refractivity contribution in [3.63, 3.8) is 0 Å². The summed E-state index contributed by atoms with van der Waals surface area (Å²) in [5.41, 5.74) is 0. The summed E-state index contributed by atoms with van der Waals surface area (Å²) in [6.07, 6.45) is 1.35. The van der Waals surface area contributed by atoms with E-state index in [1.165, 1.54) is 29.7 Å². The van der Waals surface area contributed by atoms with Crippen LogP contribution in [-0.4, -0.2) is 10.7 Å². The third-order valence-electron chi connectivity index (χ3n) is 2.31. The molecule has 7 heteroatoms. The molecule has 0 fully saturated rings. The lowest BCUT2D eigenvalue weighted by atomic mass is 9.30. The third kappa shape index (κ3) is 3.38. The van der Waals surface area contributed by atoms with E-state index in [2.05, 4.69) is 16.1 Å². The highest BCUT2D eigenvalue weighted by Crippen LogP contribution is 1.92. The molecule has 0 amide bonds. The number of hydrogen-bond donors (Lipinski definition) is 0. The fourth-order valence-electron chi connectivity index (χ4n) is 0.838. The Labute approximate surface area is 100 Å². The molecule has 0 saturated carbocycles. The number of nitrogens with zero attached hydrogens (tertiary/aromatic N) is 6. The Bertz CT molecular complexity index is 479. The number of nitriles is 4. The van der Waals surface area contributed by atoms with Crippen LogP contribution in [0.4, 0.5) is 0 Å². The van der Waals surface area contributed by atoms with Crippen molar-refractivity contribution in [3.05, 3.63) is 18.2 Å². The van der Waals surface area contributed by atoms with Gasteiger partial charge in [-0.1, -0.05) is 0 Å². The summed E-state index contributed by atoms with van der Waals surface area (Å²) in [6, 6.07) is 0. The first kappa shape index (κ1) is 14.2. The minimum atomic E-state index is -2.72. The van der Waals surface area contributed by atoms with Gasteiger partial charge in [-0.2, -0.15) is 0 Å². The van der Waals surface area contributed by atoms with Gasteiger partial charge in [-0.05, 0) is 0 Å². The van der Waals surface area contributed by atoms with Gasteiger partial charge < -0.3 is 0 Å². The molecule has 0 aliphatic carbocycles. The van der Waals surface area contributed by atoms with Gasteiger partial charge in [0.05, 0.1) is 14.1 Å². The Morgan fingerprint density at radius 3 is 1.59 bits per heavy atom. The molecule has 1 heterocycles. The van der Waals surface area contributed by atoms with Crippen LogP contribution < -0.4 is 4.57 Å². The van der Waals surface area contributed by atoms with E-state index in [4.69, 9.17) is 21.0 Å². The maximum absolute atomic E-state index is 8.09. The van der Waals surface area contributed by atoms with Gasteiger partial charge in [-0.3, -0.25) is 0 Å². The van der Waals surface area contributed by atoms with E-state index in [9.17, 15) is 0 Å². The summed E-state index contributed by atoms with van der Waals surface area (Å²) >= 11 is 0. The van der Waals surface area contributed by atoms with Crippen molar-refractivity contribution in [2.45, 2.75) is 6.92 Å². The molecule has 84 valence electrons. The lowest BCUT2D eigenvalue weighted by Crippen LogP contribution is -2.29. The van der Waals surface area contributed by atoms with Crippen LogP contribution in [-0.2, 0) is 14.1 Å². The average molecular weight is 226 g/mol. The van der Waals surface area contributed by atoms with Gasteiger partial charge in [0.15, 0.2) is 0 Å². The Kier molecular flexibility index (Phi) is 4.99. The second-order valence-corrected chi connectivity index (χ2v) is 3.45. The number of aromatic nitrogens is 2. The lowest BCUT2D eigenvalue weighted by Gasteiger charge is -1.98. The Hall–Kier alpha value is -2.77. The molecule has 0 bridgehead atoms. The zero-order chi connectivity index (χ0) is 13.5. The van der Waals surface area contributed by atoms with Crippen molar-refractivity contribution in [2.75, 3.05) is 0 Å². The zero-order valence-corrected chi connectivity index (χ0v) is 9.92. The highest BCUT2D eigenvalue weighted by Gasteiger charge is 2.22. The van der Waals surface area contributed by atoms with Gasteiger partial charge in [0.1, 0.15) is 12.4 Å². The highest BCUT2D eigenvalue weighted by atomic mass is 15.1. The maximum Gasteiger partial charge on any atom is 0.383 e. The average Bonchev–Trinajstić information content (AvgIpc) is 2.65. The van der Waals surface area contributed by atoms with E-state index in [0.29, 0.717) is 0 Å². The quantitative estimate of drug-likeness (QED) is 0.452. The minimum Gasteiger partial charge on any atom is -0.245 e. The largest absolute Gasteiger partial charge is 0.383 e. The van der Waals surface area contributed by atoms with Gasteiger partial charge in [0.2, 0.25) is 0 Å². The van der Waals surface area contributed by atoms with E-state index in [1.807, 2.05) is 26.5 Å². The highest BCUT2D eigenvalue weighted by molar-refractivity contribution is 7.05. The third-order valence-corrected chi connectivity index (χ3v) is 2.31. The van der Waals surface area contributed by atoms with Crippen LogP contribution in [0.2, 0.25) is 0 Å². The van der Waals surface area contributed by atoms with E-state index in [1.54, 1.807) is 0 Å². The molecule has 0 N–H and O–H groups in total. The van der Waals surface area contributed by atoms with Crippen molar-refractivity contribution >= 4 is 6.15 Å². The van der Waals surface area contributed by atoms with E-state index >= 15 is 0 Å². The van der Waals surface area contributed by atoms with Crippen molar-refractivity contribution < 1.29 is 4.57 Å². The molecule has 1 aromatic rings. The van der Waals surface area contributed by atoms with Crippen LogP contribution >= 0.6 is 0 Å². The number of imidazole rings is 1. The molecule has 0 spiro atoms. The molecule has 0 unspecified atom stereocenters. The molecule has 6 nitrogen and oxygen atoms in total. The topological polar surface area (TPSA) is 104 Å². The van der Waals surface area contributed by atoms with E-state index in [-0.39, 0.29) is 0 Å². The maximum atomic E-state index is 8.09. The Balaban J connectivity index is 0.000000302. The van der Waals surface area contributed by atoms with Crippen LogP contribution in [0.1, 0.15) is 5.82 Å². The molecule has 1 aromatic heterocycles. The van der Waals surface area contributed by atoms with Gasteiger partial charge in [0, 0.05) is 6.92 Å². The molecule has 17 heavy (non-hydrogen) atoms. The predicted octanol–water partition coefficient (Wildman–Crippen LogP) is -0.156. The van der Waals surface area contributed by atoms with Gasteiger partial charge in [-0.15, -0.1) is 23.9 Å². The van der Waals surface area contributed by atoms with E-state index < -0.39 is 6.15 Å². The van der Waals surface area contributed by atoms with Crippen LogP contribution in [0.3, 0.4) is 0 Å². The Morgan fingerprint density at radius 2 is 1.53 bits per heavy atom. The molecular weight excluding hydrogens is 215 g/mol. The monoisotopic (exact) mass is 226 g/mol. The lowest BCUT2D eigenvalue weighted by molar-refractivity contribution is -0.677. The van der Waals surface area contributed by atoms with Crippen molar-refractivity contribution in [1.82, 2.24) is 4.57 Å². The van der Waals surface area contributed by atoms with Gasteiger partial charge in [0.25, 0.3) is 5.82 Å². The van der Waals surface area contributed by atoms with Gasteiger partial charge in [-0.25, -0.2) is 30.2 Å². The molecule has 0 atom stereocenters. The predicted molar refractivity (Wildman–Crippen MR) is 59.5 cm³/mol. The summed E-state index contributed by atoms with van der Waals surface area (Å²) in [5.74, 6) is 6.64. The molecule has 0 aromatic carbocycles. The van der Waals surface area contributed by atoms with Crippen LogP contribution in [0, 0.1) is 51.8 Å². The van der Waals surface area contributed by atoms with Crippen LogP contribution in [0.15, 0.2) is 12.4 Å². The second-order valence-electron chi connectivity index (χ2n) is 3.45. The molecule has 0 radical (unpaired) electrons. The first-order valence-corrected chi connectivity index (χ1v) is 4.74. The number of aryl methyl sites for hydroxylation is 2. The molecule has 1 rings (SSSR count). The first-order valence-electron chi connectivity index (χ1n) is 4.74. The molecule has 0 aliphatic heterocycles. The summed E-state index contributed by atoms with van der Waals surface area (Å²) < 4.78 is 4.17. The zero-order valence-electron chi connectivity index (χ0n) is 9.92.